The molecule has 1 spiro atoms. The van der Waals surface area contributed by atoms with Gasteiger partial charge in [-0.1, -0.05) is 6.92 Å². The highest BCUT2D eigenvalue weighted by Crippen LogP contribution is 2.41. The SMILES string of the molecule is CC[C@H](C)N1C[C@@]2(CCCN(Cc3nccn3C)C2)C1=O. The normalized spacial score (nSPS) is 28.0. The van der Waals surface area contributed by atoms with Gasteiger partial charge in [0, 0.05) is 38.6 Å². The van der Waals surface area contributed by atoms with Crippen LogP contribution in [0.15, 0.2) is 12.4 Å². The van der Waals surface area contributed by atoms with Gasteiger partial charge in [0.2, 0.25) is 5.91 Å². The zero-order chi connectivity index (χ0) is 15.0. The molecule has 0 radical (unpaired) electrons. The zero-order valence-corrected chi connectivity index (χ0v) is 13.4. The van der Waals surface area contributed by atoms with Gasteiger partial charge in [-0.05, 0) is 32.7 Å². The first-order valence-corrected chi connectivity index (χ1v) is 8.05. The van der Waals surface area contributed by atoms with Gasteiger partial charge in [-0.15, -0.1) is 0 Å². The molecule has 1 amide bonds. The fourth-order valence-electron chi connectivity index (χ4n) is 3.67. The van der Waals surface area contributed by atoms with Gasteiger partial charge in [0.05, 0.1) is 12.0 Å². The van der Waals surface area contributed by atoms with E-state index in [1.165, 1.54) is 0 Å². The number of carbonyl (C=O) groups excluding carboxylic acids is 1. The molecule has 1 aromatic rings. The molecule has 1 aromatic heterocycles. The van der Waals surface area contributed by atoms with Crippen LogP contribution >= 0.6 is 0 Å². The van der Waals surface area contributed by atoms with Gasteiger partial charge in [-0.2, -0.15) is 0 Å². The van der Waals surface area contributed by atoms with Crippen molar-refractivity contribution in [1.29, 1.82) is 0 Å². The summed E-state index contributed by atoms with van der Waals surface area (Å²) < 4.78 is 2.06. The number of likely N-dealkylation sites (tertiary alicyclic amines) is 2. The quantitative estimate of drug-likeness (QED) is 0.792. The fraction of sp³-hybridized carbons (Fsp3) is 0.750. The van der Waals surface area contributed by atoms with E-state index in [0.29, 0.717) is 11.9 Å². The highest BCUT2D eigenvalue weighted by Gasteiger charge is 2.54. The average molecular weight is 290 g/mol. The summed E-state index contributed by atoms with van der Waals surface area (Å²) in [5.41, 5.74) is -0.104. The molecule has 116 valence electrons. The molecule has 2 aliphatic rings. The minimum atomic E-state index is -0.104. The van der Waals surface area contributed by atoms with Gasteiger partial charge >= 0.3 is 0 Å². The van der Waals surface area contributed by atoms with Crippen LogP contribution in [0, 0.1) is 5.41 Å². The second kappa shape index (κ2) is 5.44. The topological polar surface area (TPSA) is 41.4 Å². The van der Waals surface area contributed by atoms with Crippen molar-refractivity contribution >= 4 is 5.91 Å². The number of nitrogens with zero attached hydrogens (tertiary/aromatic N) is 4. The number of imidazole rings is 1. The van der Waals surface area contributed by atoms with Crippen molar-refractivity contribution in [3.8, 4) is 0 Å². The molecule has 3 rings (SSSR count). The Kier molecular flexibility index (Phi) is 3.78. The molecular weight excluding hydrogens is 264 g/mol. The van der Waals surface area contributed by atoms with E-state index in [4.69, 9.17) is 0 Å². The summed E-state index contributed by atoms with van der Waals surface area (Å²) in [5, 5.41) is 0. The van der Waals surface area contributed by atoms with E-state index in [9.17, 15) is 4.79 Å². The predicted octanol–water partition coefficient (Wildman–Crippen LogP) is 1.64. The average Bonchev–Trinajstić information content (AvgIpc) is 2.89. The number of piperidine rings is 1. The van der Waals surface area contributed by atoms with E-state index in [1.807, 2.05) is 19.4 Å². The lowest BCUT2D eigenvalue weighted by Crippen LogP contribution is -2.68. The summed E-state index contributed by atoms with van der Waals surface area (Å²) in [6.45, 7) is 8.06. The number of aryl methyl sites for hydroxylation is 1. The van der Waals surface area contributed by atoms with Crippen LogP contribution in [0.2, 0.25) is 0 Å². The number of carbonyl (C=O) groups is 1. The molecule has 0 saturated carbocycles. The standard InChI is InChI=1S/C16H26N4O/c1-4-13(2)20-12-16(15(20)21)6-5-8-19(11-16)10-14-17-7-9-18(14)3/h7,9,13H,4-6,8,10-12H2,1-3H3/t13-,16-/m0/s1. The van der Waals surface area contributed by atoms with Gasteiger partial charge in [-0.3, -0.25) is 9.69 Å². The van der Waals surface area contributed by atoms with E-state index in [2.05, 4.69) is 33.2 Å². The Hall–Kier alpha value is -1.36. The molecule has 0 bridgehead atoms. The summed E-state index contributed by atoms with van der Waals surface area (Å²) >= 11 is 0. The smallest absolute Gasteiger partial charge is 0.232 e. The van der Waals surface area contributed by atoms with Crippen LogP contribution in [0.5, 0.6) is 0 Å². The Morgan fingerprint density at radius 1 is 1.43 bits per heavy atom. The molecule has 0 unspecified atom stereocenters. The second-order valence-electron chi connectivity index (χ2n) is 6.74. The molecule has 3 heterocycles. The van der Waals surface area contributed by atoms with Crippen molar-refractivity contribution < 1.29 is 4.79 Å². The largest absolute Gasteiger partial charge is 0.338 e. The van der Waals surface area contributed by atoms with Crippen LogP contribution < -0.4 is 0 Å². The van der Waals surface area contributed by atoms with E-state index in [-0.39, 0.29) is 5.41 Å². The van der Waals surface area contributed by atoms with Crippen molar-refractivity contribution in [3.63, 3.8) is 0 Å². The van der Waals surface area contributed by atoms with Gasteiger partial charge in [0.15, 0.2) is 0 Å². The van der Waals surface area contributed by atoms with Crippen molar-refractivity contribution in [2.24, 2.45) is 12.5 Å². The number of aromatic nitrogens is 2. The molecule has 0 aliphatic carbocycles. The molecule has 2 saturated heterocycles. The molecule has 0 aromatic carbocycles. The lowest BCUT2D eigenvalue weighted by Gasteiger charge is -2.55. The lowest BCUT2D eigenvalue weighted by atomic mass is 9.71. The van der Waals surface area contributed by atoms with E-state index in [1.54, 1.807) is 0 Å². The van der Waals surface area contributed by atoms with Gasteiger partial charge in [0.25, 0.3) is 0 Å². The maximum absolute atomic E-state index is 12.6. The van der Waals surface area contributed by atoms with Crippen molar-refractivity contribution in [1.82, 2.24) is 19.4 Å². The van der Waals surface area contributed by atoms with Gasteiger partial charge in [0.1, 0.15) is 5.82 Å². The van der Waals surface area contributed by atoms with Crippen molar-refractivity contribution in [2.75, 3.05) is 19.6 Å². The maximum Gasteiger partial charge on any atom is 0.232 e. The second-order valence-corrected chi connectivity index (χ2v) is 6.74. The molecular formula is C16H26N4O. The molecule has 5 heteroatoms. The Bertz CT molecular complexity index is 526. The molecule has 2 fully saturated rings. The molecule has 0 N–H and O–H groups in total. The summed E-state index contributed by atoms with van der Waals surface area (Å²) in [6, 6.07) is 0.382. The molecule has 2 atom stereocenters. The predicted molar refractivity (Wildman–Crippen MR) is 81.6 cm³/mol. The van der Waals surface area contributed by atoms with Crippen LogP contribution in [-0.2, 0) is 18.4 Å². The number of β-lactam (4-membered cyclic amide) rings is 1. The third-order valence-electron chi connectivity index (χ3n) is 5.25. The monoisotopic (exact) mass is 290 g/mol. The minimum Gasteiger partial charge on any atom is -0.338 e. The van der Waals surface area contributed by atoms with Crippen molar-refractivity contribution in [3.05, 3.63) is 18.2 Å². The summed E-state index contributed by atoms with van der Waals surface area (Å²) in [5.74, 6) is 1.46. The Labute approximate surface area is 126 Å². The van der Waals surface area contributed by atoms with Gasteiger partial charge in [-0.25, -0.2) is 4.98 Å². The maximum atomic E-state index is 12.6. The van der Waals surface area contributed by atoms with E-state index >= 15 is 0 Å². The highest BCUT2D eigenvalue weighted by atomic mass is 16.2. The molecule has 2 aliphatic heterocycles. The van der Waals surface area contributed by atoms with E-state index in [0.717, 1.165) is 51.3 Å². The summed E-state index contributed by atoms with van der Waals surface area (Å²) in [4.78, 5) is 21.5. The fourth-order valence-corrected chi connectivity index (χ4v) is 3.67. The number of hydrogen-bond acceptors (Lipinski definition) is 3. The van der Waals surface area contributed by atoms with Crippen LogP contribution in [0.25, 0.3) is 0 Å². The molecule has 21 heavy (non-hydrogen) atoms. The zero-order valence-electron chi connectivity index (χ0n) is 13.4. The van der Waals surface area contributed by atoms with Crippen molar-refractivity contribution in [2.45, 2.75) is 45.7 Å². The summed E-state index contributed by atoms with van der Waals surface area (Å²) in [6.07, 6.45) is 7.03. The van der Waals surface area contributed by atoms with Crippen LogP contribution in [0.1, 0.15) is 38.9 Å². The summed E-state index contributed by atoms with van der Waals surface area (Å²) in [7, 11) is 2.03. The third-order valence-corrected chi connectivity index (χ3v) is 5.25. The Morgan fingerprint density at radius 2 is 2.24 bits per heavy atom. The molecule has 5 nitrogen and oxygen atoms in total. The minimum absolute atomic E-state index is 0.104. The third kappa shape index (κ3) is 2.48. The van der Waals surface area contributed by atoms with Crippen LogP contribution in [-0.4, -0.2) is 50.9 Å². The Balaban J connectivity index is 1.64. The van der Waals surface area contributed by atoms with Gasteiger partial charge < -0.3 is 9.47 Å². The first-order chi connectivity index (χ1) is 10.1. The lowest BCUT2D eigenvalue weighted by molar-refractivity contribution is -0.170. The van der Waals surface area contributed by atoms with E-state index < -0.39 is 0 Å². The first-order valence-electron chi connectivity index (χ1n) is 8.05. The number of amides is 1. The first kappa shape index (κ1) is 14.6. The van der Waals surface area contributed by atoms with Crippen LogP contribution in [0.3, 0.4) is 0 Å². The number of hydrogen-bond donors (Lipinski definition) is 0. The van der Waals surface area contributed by atoms with Crippen LogP contribution in [0.4, 0.5) is 0 Å². The Morgan fingerprint density at radius 3 is 2.86 bits per heavy atom. The number of rotatable bonds is 4. The highest BCUT2D eigenvalue weighted by molar-refractivity contribution is 5.89.